The first-order chi connectivity index (χ1) is 16.3. The zero-order chi connectivity index (χ0) is 23.1. The SMILES string of the molecule is CCCCN(CCCC)c1nc(SSSN2CCOCC2)nc(SSSN2CCOCC2)n1. The molecule has 0 N–H and O–H groups in total. The van der Waals surface area contributed by atoms with E-state index in [1.807, 2.05) is 0 Å². The Morgan fingerprint density at radius 3 is 1.61 bits per heavy atom. The minimum atomic E-state index is 0.781. The first-order valence-electron chi connectivity index (χ1n) is 11.5. The number of rotatable bonds is 15. The number of aromatic nitrogens is 3. The Hall–Kier alpha value is 0.750. The lowest BCUT2D eigenvalue weighted by molar-refractivity contribution is 0.0779. The van der Waals surface area contributed by atoms with Crippen LogP contribution in [0.25, 0.3) is 0 Å². The van der Waals surface area contributed by atoms with Crippen molar-refractivity contribution in [2.24, 2.45) is 0 Å². The molecule has 188 valence electrons. The van der Waals surface area contributed by atoms with Crippen LogP contribution < -0.4 is 4.90 Å². The van der Waals surface area contributed by atoms with Gasteiger partial charge >= 0.3 is 0 Å². The normalized spacial score (nSPS) is 18.0. The average Bonchev–Trinajstić information content (AvgIpc) is 2.85. The van der Waals surface area contributed by atoms with Crippen LogP contribution in [-0.4, -0.2) is 89.3 Å². The van der Waals surface area contributed by atoms with Crippen LogP contribution >= 0.6 is 63.2 Å². The van der Waals surface area contributed by atoms with Gasteiger partial charge in [0.25, 0.3) is 0 Å². The molecule has 2 fully saturated rings. The lowest BCUT2D eigenvalue weighted by Gasteiger charge is -2.25. The highest BCUT2D eigenvalue weighted by atomic mass is 33.5. The van der Waals surface area contributed by atoms with E-state index in [0.717, 1.165) is 108 Å². The quantitative estimate of drug-likeness (QED) is 0.195. The molecule has 3 rings (SSSR count). The molecule has 0 amide bonds. The zero-order valence-electron chi connectivity index (χ0n) is 19.3. The standard InChI is InChI=1S/C19H34N6O2S6/c1-3-5-7-23(8-6-4-2)17-20-18(28-32-30-24-9-13-26-14-10-24)22-19(21-17)29-33-31-25-11-15-27-16-12-25/h3-16H2,1-2H3. The summed E-state index contributed by atoms with van der Waals surface area (Å²) in [4.78, 5) is 16.8. The monoisotopic (exact) mass is 570 g/mol. The summed E-state index contributed by atoms with van der Waals surface area (Å²) < 4.78 is 15.6. The van der Waals surface area contributed by atoms with Crippen LogP contribution in [-0.2, 0) is 9.47 Å². The van der Waals surface area contributed by atoms with Gasteiger partial charge in [-0.05, 0) is 34.4 Å². The summed E-state index contributed by atoms with van der Waals surface area (Å²) in [5, 5.41) is 1.56. The lowest BCUT2D eigenvalue weighted by Crippen LogP contribution is -2.30. The highest BCUT2D eigenvalue weighted by Gasteiger charge is 2.18. The van der Waals surface area contributed by atoms with Gasteiger partial charge in [0.1, 0.15) is 0 Å². The first-order valence-corrected chi connectivity index (χ1v) is 18.4. The fourth-order valence-corrected chi connectivity index (χ4v) is 10.1. The molecule has 14 heteroatoms. The highest BCUT2D eigenvalue weighted by molar-refractivity contribution is 9.09. The van der Waals surface area contributed by atoms with Crippen molar-refractivity contribution in [3.63, 3.8) is 0 Å². The van der Waals surface area contributed by atoms with Crippen LogP contribution in [0.15, 0.2) is 10.3 Å². The summed E-state index contributed by atoms with van der Waals surface area (Å²) in [6.45, 7) is 13.5. The number of morpholine rings is 2. The van der Waals surface area contributed by atoms with Crippen LogP contribution in [0.2, 0.25) is 0 Å². The maximum absolute atomic E-state index is 5.44. The molecule has 8 nitrogen and oxygen atoms in total. The number of ether oxygens (including phenoxy) is 2. The number of hydrogen-bond acceptors (Lipinski definition) is 14. The fraction of sp³-hybridized carbons (Fsp3) is 0.842. The van der Waals surface area contributed by atoms with Gasteiger partial charge in [0.05, 0.1) is 26.4 Å². The zero-order valence-corrected chi connectivity index (χ0v) is 24.2. The van der Waals surface area contributed by atoms with Crippen molar-refractivity contribution >= 4 is 69.1 Å². The molecule has 0 aromatic carbocycles. The molecule has 1 aromatic rings. The molecule has 2 aliphatic heterocycles. The third-order valence-electron chi connectivity index (χ3n) is 4.86. The van der Waals surface area contributed by atoms with Crippen LogP contribution in [0, 0.1) is 0 Å². The molecular weight excluding hydrogens is 537 g/mol. The van der Waals surface area contributed by atoms with Crippen molar-refractivity contribution in [3.05, 3.63) is 0 Å². The molecule has 0 aliphatic carbocycles. The Kier molecular flexibility index (Phi) is 14.8. The van der Waals surface area contributed by atoms with Gasteiger partial charge in [-0.15, -0.1) is 0 Å². The summed E-state index contributed by atoms with van der Waals surface area (Å²) in [7, 11) is 10.2. The van der Waals surface area contributed by atoms with E-state index >= 15 is 0 Å². The van der Waals surface area contributed by atoms with Crippen LogP contribution in [0.4, 0.5) is 5.95 Å². The summed E-state index contributed by atoms with van der Waals surface area (Å²) >= 11 is 0. The Bertz CT molecular complexity index is 619. The van der Waals surface area contributed by atoms with Crippen molar-refractivity contribution < 1.29 is 9.47 Å². The van der Waals surface area contributed by atoms with Gasteiger partial charge in [0, 0.05) is 80.9 Å². The van der Waals surface area contributed by atoms with Gasteiger partial charge in [0.15, 0.2) is 0 Å². The van der Waals surface area contributed by atoms with E-state index < -0.39 is 0 Å². The van der Waals surface area contributed by atoms with Gasteiger partial charge in [-0.3, -0.25) is 0 Å². The Balaban J connectivity index is 1.63. The summed E-state index contributed by atoms with van der Waals surface area (Å²) in [6.07, 6.45) is 4.61. The summed E-state index contributed by atoms with van der Waals surface area (Å²) in [6, 6.07) is 0. The smallest absolute Gasteiger partial charge is 0.230 e. The minimum absolute atomic E-state index is 0.781. The molecule has 2 saturated heterocycles. The fourth-order valence-electron chi connectivity index (χ4n) is 2.97. The van der Waals surface area contributed by atoms with Crippen molar-refractivity contribution in [3.8, 4) is 0 Å². The molecule has 0 spiro atoms. The third-order valence-corrected chi connectivity index (χ3v) is 12.2. The van der Waals surface area contributed by atoms with Crippen molar-refractivity contribution in [2.75, 3.05) is 70.6 Å². The van der Waals surface area contributed by atoms with E-state index in [0.29, 0.717) is 0 Å². The predicted molar refractivity (Wildman–Crippen MR) is 149 cm³/mol. The van der Waals surface area contributed by atoms with E-state index in [4.69, 9.17) is 24.4 Å². The van der Waals surface area contributed by atoms with Crippen molar-refractivity contribution in [2.45, 2.75) is 49.8 Å². The number of nitrogens with zero attached hydrogens (tertiary/aromatic N) is 6. The molecule has 33 heavy (non-hydrogen) atoms. The Morgan fingerprint density at radius 2 is 1.18 bits per heavy atom. The molecule has 0 atom stereocenters. The second kappa shape index (κ2) is 17.2. The molecule has 2 aliphatic rings. The van der Waals surface area contributed by atoms with Crippen molar-refractivity contribution in [1.82, 2.24) is 23.6 Å². The van der Waals surface area contributed by atoms with Gasteiger partial charge in [-0.2, -0.15) is 15.0 Å². The molecule has 0 bridgehead atoms. The largest absolute Gasteiger partial charge is 0.379 e. The van der Waals surface area contributed by atoms with Crippen molar-refractivity contribution in [1.29, 1.82) is 0 Å². The van der Waals surface area contributed by atoms with E-state index in [2.05, 4.69) is 27.4 Å². The van der Waals surface area contributed by atoms with E-state index in [1.165, 1.54) is 0 Å². The summed E-state index contributed by atoms with van der Waals surface area (Å²) in [5.41, 5.74) is 0. The first kappa shape index (κ1) is 28.3. The number of hydrogen-bond donors (Lipinski definition) is 0. The molecule has 0 unspecified atom stereocenters. The van der Waals surface area contributed by atoms with Gasteiger partial charge in [-0.25, -0.2) is 8.61 Å². The second-order valence-corrected chi connectivity index (χ2v) is 15.3. The average molecular weight is 571 g/mol. The molecular formula is C19H34N6O2S6. The maximum atomic E-state index is 5.44. The minimum Gasteiger partial charge on any atom is -0.379 e. The van der Waals surface area contributed by atoms with Crippen LogP contribution in [0.3, 0.4) is 0 Å². The molecule has 1 aromatic heterocycles. The predicted octanol–water partition coefficient (Wildman–Crippen LogP) is 5.55. The molecule has 0 radical (unpaired) electrons. The van der Waals surface area contributed by atoms with Gasteiger partial charge in [0.2, 0.25) is 16.3 Å². The van der Waals surface area contributed by atoms with Gasteiger partial charge < -0.3 is 14.4 Å². The van der Waals surface area contributed by atoms with Crippen LogP contribution in [0.1, 0.15) is 39.5 Å². The number of unbranched alkanes of at least 4 members (excludes halogenated alkanes) is 2. The van der Waals surface area contributed by atoms with E-state index in [-0.39, 0.29) is 0 Å². The van der Waals surface area contributed by atoms with Gasteiger partial charge in [-0.1, -0.05) is 26.7 Å². The topological polar surface area (TPSA) is 66.9 Å². The second-order valence-electron chi connectivity index (χ2n) is 7.43. The van der Waals surface area contributed by atoms with Crippen LogP contribution in [0.5, 0.6) is 0 Å². The van der Waals surface area contributed by atoms with E-state index in [1.54, 1.807) is 63.2 Å². The molecule has 3 heterocycles. The third kappa shape index (κ3) is 11.1. The Morgan fingerprint density at radius 1 is 0.727 bits per heavy atom. The maximum Gasteiger partial charge on any atom is 0.230 e. The summed E-state index contributed by atoms with van der Waals surface area (Å²) in [5.74, 6) is 0.811. The Labute approximate surface area is 221 Å². The number of anilines is 1. The van der Waals surface area contributed by atoms with E-state index in [9.17, 15) is 0 Å². The molecule has 0 saturated carbocycles. The highest BCUT2D eigenvalue weighted by Crippen LogP contribution is 2.44. The lowest BCUT2D eigenvalue weighted by atomic mass is 10.3.